The molecule has 0 spiro atoms. The lowest BCUT2D eigenvalue weighted by molar-refractivity contribution is -0.151. The van der Waals surface area contributed by atoms with Crippen LogP contribution in [0, 0.1) is 5.92 Å². The van der Waals surface area contributed by atoms with Crippen molar-refractivity contribution in [1.82, 2.24) is 10.2 Å². The molecule has 1 aliphatic rings. The molecule has 2 atom stereocenters. The Morgan fingerprint density at radius 2 is 1.50 bits per heavy atom. The number of amides is 2. The van der Waals surface area contributed by atoms with Gasteiger partial charge in [-0.15, -0.1) is 0 Å². The summed E-state index contributed by atoms with van der Waals surface area (Å²) in [6.45, 7) is 4.31. The molecule has 34 heavy (non-hydrogen) atoms. The summed E-state index contributed by atoms with van der Waals surface area (Å²) in [5, 5.41) is 3.01. The average Bonchev–Trinajstić information content (AvgIpc) is 2.87. The maximum atomic E-state index is 13.3. The summed E-state index contributed by atoms with van der Waals surface area (Å²) in [6, 6.07) is 27.6. The summed E-state index contributed by atoms with van der Waals surface area (Å²) in [5.74, 6) is -0.0189. The van der Waals surface area contributed by atoms with Crippen molar-refractivity contribution in [2.24, 2.45) is 11.7 Å². The van der Waals surface area contributed by atoms with Gasteiger partial charge in [0.05, 0.1) is 17.8 Å². The summed E-state index contributed by atoms with van der Waals surface area (Å²) in [6.07, 6.45) is 3.09. The smallest absolute Gasteiger partial charge is 0.260 e. The van der Waals surface area contributed by atoms with E-state index in [1.807, 2.05) is 72.8 Å². The second kappa shape index (κ2) is 10.8. The molecule has 5 heteroatoms. The van der Waals surface area contributed by atoms with E-state index in [2.05, 4.69) is 24.0 Å². The minimum absolute atomic E-state index is 0.0817. The molecule has 0 radical (unpaired) electrons. The van der Waals surface area contributed by atoms with Crippen molar-refractivity contribution in [3.63, 3.8) is 0 Å². The van der Waals surface area contributed by atoms with E-state index in [4.69, 9.17) is 5.73 Å². The number of carbonyl (C=O) groups is 2. The Morgan fingerprint density at radius 1 is 0.882 bits per heavy atom. The monoisotopic (exact) mass is 453 g/mol. The second-order valence-electron chi connectivity index (χ2n) is 8.75. The molecule has 3 N–H and O–H groups in total. The van der Waals surface area contributed by atoms with Gasteiger partial charge < -0.3 is 11.1 Å². The highest BCUT2D eigenvalue weighted by molar-refractivity contribution is 6.09. The lowest BCUT2D eigenvalue weighted by atomic mass is 9.80. The lowest BCUT2D eigenvalue weighted by Gasteiger charge is -2.46. The number of β-lactam (4-membered cyclic amide) rings is 1. The number of rotatable bonds is 10. The zero-order chi connectivity index (χ0) is 23.9. The number of hydrogen-bond acceptors (Lipinski definition) is 4. The minimum Gasteiger partial charge on any atom is -0.386 e. The van der Waals surface area contributed by atoms with Crippen LogP contribution in [-0.4, -0.2) is 29.3 Å². The largest absolute Gasteiger partial charge is 0.386 e. The van der Waals surface area contributed by atoms with Crippen molar-refractivity contribution in [1.29, 1.82) is 0 Å². The highest BCUT2D eigenvalue weighted by Crippen LogP contribution is 2.35. The number of nitrogens with two attached hydrogens (primary N) is 1. The van der Waals surface area contributed by atoms with Gasteiger partial charge in [0.1, 0.15) is 0 Å². The fourth-order valence-electron chi connectivity index (χ4n) is 4.61. The summed E-state index contributed by atoms with van der Waals surface area (Å²) in [5.41, 5.74) is 9.45. The zero-order valence-electron chi connectivity index (χ0n) is 19.3. The molecule has 3 aromatic rings. The molecule has 0 unspecified atom stereocenters. The fourth-order valence-corrected chi connectivity index (χ4v) is 4.61. The van der Waals surface area contributed by atoms with E-state index in [0.717, 1.165) is 36.8 Å². The molecular formula is C29H31N3O2. The predicted octanol–water partition coefficient (Wildman–Crippen LogP) is 4.75. The molecule has 174 valence electrons. The van der Waals surface area contributed by atoms with E-state index >= 15 is 0 Å². The van der Waals surface area contributed by atoms with Gasteiger partial charge in [-0.2, -0.15) is 0 Å². The molecule has 5 nitrogen and oxygen atoms in total. The van der Waals surface area contributed by atoms with Crippen molar-refractivity contribution < 1.29 is 9.59 Å². The average molecular weight is 454 g/mol. The molecule has 1 heterocycles. The van der Waals surface area contributed by atoms with Crippen LogP contribution >= 0.6 is 0 Å². The van der Waals surface area contributed by atoms with Crippen LogP contribution in [0.3, 0.4) is 0 Å². The summed E-state index contributed by atoms with van der Waals surface area (Å²) >= 11 is 0. The molecule has 1 aliphatic heterocycles. The fraction of sp³-hybridized carbons (Fsp3) is 0.241. The number of aryl methyl sites for hydroxylation is 1. The molecule has 1 fully saturated rings. The minimum atomic E-state index is -0.215. The number of likely N-dealkylation sites (tertiary alicyclic amines) is 1. The Morgan fingerprint density at radius 3 is 2.15 bits per heavy atom. The van der Waals surface area contributed by atoms with Gasteiger partial charge in [-0.25, -0.2) is 0 Å². The molecule has 1 saturated heterocycles. The first-order valence-corrected chi connectivity index (χ1v) is 11.8. The first kappa shape index (κ1) is 23.3. The van der Waals surface area contributed by atoms with E-state index in [0.29, 0.717) is 17.9 Å². The third-order valence-corrected chi connectivity index (χ3v) is 6.42. The topological polar surface area (TPSA) is 75.4 Å². The normalized spacial score (nSPS) is 17.2. The van der Waals surface area contributed by atoms with Gasteiger partial charge in [0.2, 0.25) is 5.91 Å². The van der Waals surface area contributed by atoms with Crippen LogP contribution in [0.2, 0.25) is 0 Å². The summed E-state index contributed by atoms with van der Waals surface area (Å²) in [7, 11) is 0. The first-order valence-electron chi connectivity index (χ1n) is 11.8. The van der Waals surface area contributed by atoms with Crippen molar-refractivity contribution in [3.05, 3.63) is 108 Å². The van der Waals surface area contributed by atoms with Gasteiger partial charge >= 0.3 is 0 Å². The standard InChI is InChI=1S/C29H31N3O2/c1-21(30)31-20-8-13-26-27(19-14-22-9-4-2-5-10-22)32(29(26)34)28(33)25-17-15-24(16-18-25)23-11-6-3-7-12-23/h2-7,9-12,15-18,26-27,31H,1,8,13-14,19-20,30H2/t26-,27-/m1/s1. The van der Waals surface area contributed by atoms with Gasteiger partial charge in [0.15, 0.2) is 0 Å². The van der Waals surface area contributed by atoms with Gasteiger partial charge in [0, 0.05) is 12.1 Å². The molecular weight excluding hydrogens is 422 g/mol. The maximum Gasteiger partial charge on any atom is 0.260 e. The Bertz CT molecular complexity index is 1130. The van der Waals surface area contributed by atoms with E-state index in [-0.39, 0.29) is 23.8 Å². The van der Waals surface area contributed by atoms with Crippen LogP contribution < -0.4 is 11.1 Å². The number of hydrogen-bond donors (Lipinski definition) is 2. The van der Waals surface area contributed by atoms with Crippen LogP contribution in [0.5, 0.6) is 0 Å². The quantitative estimate of drug-likeness (QED) is 0.264. The third kappa shape index (κ3) is 5.37. The molecule has 2 amide bonds. The molecule has 0 aliphatic carbocycles. The van der Waals surface area contributed by atoms with Crippen LogP contribution in [0.25, 0.3) is 11.1 Å². The molecule has 0 aromatic heterocycles. The Balaban J connectivity index is 1.46. The molecule has 3 aromatic carbocycles. The predicted molar refractivity (Wildman–Crippen MR) is 136 cm³/mol. The molecule has 4 rings (SSSR count). The van der Waals surface area contributed by atoms with E-state index < -0.39 is 0 Å². The van der Waals surface area contributed by atoms with Crippen molar-refractivity contribution in [2.75, 3.05) is 6.54 Å². The summed E-state index contributed by atoms with van der Waals surface area (Å²) in [4.78, 5) is 27.9. The highest BCUT2D eigenvalue weighted by atomic mass is 16.2. The van der Waals surface area contributed by atoms with E-state index in [9.17, 15) is 9.59 Å². The Hall–Kier alpha value is -3.86. The number of nitrogens with one attached hydrogen (secondary N) is 1. The van der Waals surface area contributed by atoms with Gasteiger partial charge in [-0.3, -0.25) is 14.5 Å². The number of benzene rings is 3. The van der Waals surface area contributed by atoms with Crippen LogP contribution in [0.1, 0.15) is 35.2 Å². The summed E-state index contributed by atoms with van der Waals surface area (Å²) < 4.78 is 0. The number of carbonyl (C=O) groups excluding carboxylic acids is 2. The Kier molecular flexibility index (Phi) is 7.43. The zero-order valence-corrected chi connectivity index (χ0v) is 19.3. The van der Waals surface area contributed by atoms with Crippen LogP contribution in [-0.2, 0) is 11.2 Å². The number of nitrogens with zero attached hydrogens (tertiary/aromatic N) is 1. The van der Waals surface area contributed by atoms with Crippen molar-refractivity contribution in [2.45, 2.75) is 31.7 Å². The van der Waals surface area contributed by atoms with Crippen molar-refractivity contribution >= 4 is 11.8 Å². The second-order valence-corrected chi connectivity index (χ2v) is 8.75. The maximum absolute atomic E-state index is 13.3. The molecule has 0 bridgehead atoms. The first-order chi connectivity index (χ1) is 16.5. The lowest BCUT2D eigenvalue weighted by Crippen LogP contribution is -2.63. The van der Waals surface area contributed by atoms with E-state index in [1.165, 1.54) is 10.5 Å². The Labute approximate surface area is 201 Å². The van der Waals surface area contributed by atoms with Crippen LogP contribution in [0.15, 0.2) is 97.3 Å². The highest BCUT2D eigenvalue weighted by Gasteiger charge is 2.49. The van der Waals surface area contributed by atoms with Gasteiger partial charge in [-0.05, 0) is 54.5 Å². The van der Waals surface area contributed by atoms with Gasteiger partial charge in [-0.1, -0.05) is 79.4 Å². The number of imide groups is 1. The third-order valence-electron chi connectivity index (χ3n) is 6.42. The van der Waals surface area contributed by atoms with Gasteiger partial charge in [0.25, 0.3) is 5.91 Å². The molecule has 0 saturated carbocycles. The van der Waals surface area contributed by atoms with Crippen molar-refractivity contribution in [3.8, 4) is 11.1 Å². The SMILES string of the molecule is C=C(N)NCCC[C@H]1C(=O)N(C(=O)c2ccc(-c3ccccc3)cc2)[C@@H]1CCc1ccccc1. The van der Waals surface area contributed by atoms with E-state index in [1.54, 1.807) is 0 Å². The van der Waals surface area contributed by atoms with Crippen LogP contribution in [0.4, 0.5) is 0 Å².